The van der Waals surface area contributed by atoms with Crippen molar-refractivity contribution >= 4 is 5.97 Å². The fourth-order valence-electron chi connectivity index (χ4n) is 4.36. The molecule has 0 heterocycles. The summed E-state index contributed by atoms with van der Waals surface area (Å²) >= 11 is 0. The van der Waals surface area contributed by atoms with Gasteiger partial charge in [0.2, 0.25) is 0 Å². The fourth-order valence-corrected chi connectivity index (χ4v) is 4.36. The highest BCUT2D eigenvalue weighted by Gasteiger charge is 2.25. The molecule has 2 aliphatic carbocycles. The van der Waals surface area contributed by atoms with Crippen molar-refractivity contribution in [1.29, 1.82) is 0 Å². The van der Waals surface area contributed by atoms with Gasteiger partial charge in [-0.15, -0.1) is 0 Å². The van der Waals surface area contributed by atoms with Gasteiger partial charge in [0.1, 0.15) is 12.9 Å². The summed E-state index contributed by atoms with van der Waals surface area (Å²) in [5.74, 6) is 5.98. The molecule has 0 atom stereocenters. The van der Waals surface area contributed by atoms with Gasteiger partial charge in [0.05, 0.1) is 17.8 Å². The summed E-state index contributed by atoms with van der Waals surface area (Å²) in [7, 11) is 0. The Morgan fingerprint density at radius 2 is 1.25 bits per heavy atom. The molecule has 0 radical (unpaired) electrons. The largest absolute Gasteiger partial charge is 0.459 e. The first-order valence-corrected chi connectivity index (χ1v) is 11.9. The van der Waals surface area contributed by atoms with Crippen LogP contribution in [0, 0.1) is 11.8 Å². The Kier molecular flexibility index (Phi) is 8.36. The zero-order chi connectivity index (χ0) is 22.0. The van der Waals surface area contributed by atoms with E-state index in [1.54, 1.807) is 12.1 Å². The van der Waals surface area contributed by atoms with Gasteiger partial charge in [0.25, 0.3) is 0 Å². The van der Waals surface area contributed by atoms with Crippen LogP contribution in [0.4, 0.5) is 0 Å². The van der Waals surface area contributed by atoms with Crippen LogP contribution < -0.4 is 0 Å². The van der Waals surface area contributed by atoms with E-state index in [9.17, 15) is 4.79 Å². The van der Waals surface area contributed by atoms with Gasteiger partial charge in [-0.25, -0.2) is 4.79 Å². The Labute approximate surface area is 191 Å². The van der Waals surface area contributed by atoms with Crippen LogP contribution in [-0.2, 0) is 14.2 Å². The van der Waals surface area contributed by atoms with Crippen LogP contribution >= 0.6 is 0 Å². The number of hydrogen-bond acceptors (Lipinski definition) is 4. The summed E-state index contributed by atoms with van der Waals surface area (Å²) in [6.45, 7) is 0.388. The van der Waals surface area contributed by atoms with E-state index in [1.807, 2.05) is 42.5 Å². The molecule has 2 aliphatic rings. The number of hydrogen-bond donors (Lipinski definition) is 0. The number of rotatable bonds is 6. The number of esters is 1. The predicted octanol–water partition coefficient (Wildman–Crippen LogP) is 5.88. The standard InChI is InChI=1S/C28H32O4/c29-28(24-15-13-23(14-16-24)12-11-22-7-3-1-4-8-22)32-27-19-17-26(18-20-27)31-21-30-25-9-5-2-6-10-25/h1,3-4,7-8,13-16,25-27H,2,5-6,9-10,17-21H2. The lowest BCUT2D eigenvalue weighted by Crippen LogP contribution is -2.29. The van der Waals surface area contributed by atoms with Crippen LogP contribution in [0.2, 0.25) is 0 Å². The minimum absolute atomic E-state index is 0.0424. The summed E-state index contributed by atoms with van der Waals surface area (Å²) in [4.78, 5) is 12.5. The molecule has 168 valence electrons. The van der Waals surface area contributed by atoms with E-state index < -0.39 is 0 Å². The average Bonchev–Trinajstić information content (AvgIpc) is 2.85. The maximum absolute atomic E-state index is 12.5. The minimum Gasteiger partial charge on any atom is -0.459 e. The summed E-state index contributed by atoms with van der Waals surface area (Å²) in [6, 6.07) is 17.2. The van der Waals surface area contributed by atoms with Crippen LogP contribution in [0.1, 0.15) is 79.3 Å². The number of ether oxygens (including phenoxy) is 3. The molecule has 0 spiro atoms. The normalized spacial score (nSPS) is 21.4. The Morgan fingerprint density at radius 1 is 0.688 bits per heavy atom. The Morgan fingerprint density at radius 3 is 1.91 bits per heavy atom. The second-order valence-electron chi connectivity index (χ2n) is 8.71. The minimum atomic E-state index is -0.266. The molecule has 0 aromatic heterocycles. The van der Waals surface area contributed by atoms with Crippen molar-refractivity contribution in [3.05, 3.63) is 71.3 Å². The topological polar surface area (TPSA) is 44.8 Å². The Hall–Kier alpha value is -2.61. The first-order chi connectivity index (χ1) is 15.8. The van der Waals surface area contributed by atoms with Crippen molar-refractivity contribution in [1.82, 2.24) is 0 Å². The van der Waals surface area contributed by atoms with Crippen molar-refractivity contribution in [2.24, 2.45) is 0 Å². The number of carbonyl (C=O) groups is 1. The zero-order valence-corrected chi connectivity index (χ0v) is 18.6. The Balaban J connectivity index is 1.17. The maximum atomic E-state index is 12.5. The first-order valence-electron chi connectivity index (χ1n) is 11.9. The molecule has 2 aromatic carbocycles. The molecule has 2 aromatic rings. The molecule has 0 unspecified atom stereocenters. The second-order valence-corrected chi connectivity index (χ2v) is 8.71. The third kappa shape index (κ3) is 6.95. The molecule has 0 aliphatic heterocycles. The third-order valence-electron chi connectivity index (χ3n) is 6.30. The molecule has 4 rings (SSSR count). The van der Waals surface area contributed by atoms with Gasteiger partial charge in [-0.1, -0.05) is 49.3 Å². The highest BCUT2D eigenvalue weighted by atomic mass is 16.7. The quantitative estimate of drug-likeness (QED) is 0.325. The molecule has 0 amide bonds. The molecule has 2 saturated carbocycles. The van der Waals surface area contributed by atoms with E-state index in [0.717, 1.165) is 49.7 Å². The maximum Gasteiger partial charge on any atom is 0.338 e. The average molecular weight is 433 g/mol. The van der Waals surface area contributed by atoms with Gasteiger partial charge in [0, 0.05) is 11.1 Å². The van der Waals surface area contributed by atoms with Gasteiger partial charge in [-0.05, 0) is 74.9 Å². The molecule has 0 N–H and O–H groups in total. The predicted molar refractivity (Wildman–Crippen MR) is 124 cm³/mol. The lowest BCUT2D eigenvalue weighted by Gasteiger charge is -2.29. The Bertz CT molecular complexity index is 896. The van der Waals surface area contributed by atoms with E-state index in [0.29, 0.717) is 18.5 Å². The highest BCUT2D eigenvalue weighted by Crippen LogP contribution is 2.25. The molecule has 4 heteroatoms. The molecule has 0 bridgehead atoms. The van der Waals surface area contributed by atoms with Crippen molar-refractivity contribution in [3.8, 4) is 11.8 Å². The summed E-state index contributed by atoms with van der Waals surface area (Å²) in [5, 5.41) is 0. The molecule has 0 saturated heterocycles. The highest BCUT2D eigenvalue weighted by molar-refractivity contribution is 5.89. The molecular formula is C28H32O4. The van der Waals surface area contributed by atoms with Gasteiger partial charge < -0.3 is 14.2 Å². The fraction of sp³-hybridized carbons (Fsp3) is 0.464. The van der Waals surface area contributed by atoms with E-state index in [1.165, 1.54) is 19.3 Å². The number of carbonyl (C=O) groups excluding carboxylic acids is 1. The first kappa shape index (κ1) is 22.6. The molecule has 2 fully saturated rings. The molecular weight excluding hydrogens is 400 g/mol. The smallest absolute Gasteiger partial charge is 0.338 e. The summed E-state index contributed by atoms with van der Waals surface area (Å²) in [5.41, 5.74) is 2.41. The monoisotopic (exact) mass is 432 g/mol. The van der Waals surface area contributed by atoms with Crippen LogP contribution in [0.3, 0.4) is 0 Å². The third-order valence-corrected chi connectivity index (χ3v) is 6.30. The van der Waals surface area contributed by atoms with E-state index in [-0.39, 0.29) is 18.2 Å². The van der Waals surface area contributed by atoms with Gasteiger partial charge in [-0.3, -0.25) is 0 Å². The van der Waals surface area contributed by atoms with Gasteiger partial charge in [0.15, 0.2) is 0 Å². The van der Waals surface area contributed by atoms with Crippen LogP contribution in [0.15, 0.2) is 54.6 Å². The van der Waals surface area contributed by atoms with Crippen LogP contribution in [0.5, 0.6) is 0 Å². The lowest BCUT2D eigenvalue weighted by molar-refractivity contribution is -0.136. The lowest BCUT2D eigenvalue weighted by atomic mass is 9.95. The van der Waals surface area contributed by atoms with E-state index in [2.05, 4.69) is 11.8 Å². The summed E-state index contributed by atoms with van der Waals surface area (Å²) < 4.78 is 17.5. The SMILES string of the molecule is O=C(OC1CCC(OCOC2CCCCC2)CC1)c1ccc(C#Cc2ccccc2)cc1. The van der Waals surface area contributed by atoms with E-state index >= 15 is 0 Å². The molecule has 4 nitrogen and oxygen atoms in total. The zero-order valence-electron chi connectivity index (χ0n) is 18.6. The van der Waals surface area contributed by atoms with Crippen molar-refractivity contribution < 1.29 is 19.0 Å². The molecule has 32 heavy (non-hydrogen) atoms. The second kappa shape index (κ2) is 11.9. The summed E-state index contributed by atoms with van der Waals surface area (Å²) in [6.07, 6.45) is 10.2. The van der Waals surface area contributed by atoms with Gasteiger partial charge in [-0.2, -0.15) is 0 Å². The number of benzene rings is 2. The van der Waals surface area contributed by atoms with Crippen molar-refractivity contribution in [2.45, 2.75) is 76.1 Å². The van der Waals surface area contributed by atoms with Gasteiger partial charge >= 0.3 is 5.97 Å². The van der Waals surface area contributed by atoms with Crippen molar-refractivity contribution in [3.63, 3.8) is 0 Å². The van der Waals surface area contributed by atoms with Crippen LogP contribution in [-0.4, -0.2) is 31.1 Å². The van der Waals surface area contributed by atoms with Crippen molar-refractivity contribution in [2.75, 3.05) is 6.79 Å². The van der Waals surface area contributed by atoms with E-state index in [4.69, 9.17) is 14.2 Å². The van der Waals surface area contributed by atoms with Crippen LogP contribution in [0.25, 0.3) is 0 Å².